The van der Waals surface area contributed by atoms with Crippen molar-refractivity contribution in [3.63, 3.8) is 0 Å². The van der Waals surface area contributed by atoms with Crippen molar-refractivity contribution in [2.75, 3.05) is 0 Å². The molecule has 1 heterocycles. The second-order valence-electron chi connectivity index (χ2n) is 16.0. The lowest BCUT2D eigenvalue weighted by Crippen LogP contribution is -2.15. The summed E-state index contributed by atoms with van der Waals surface area (Å²) in [7, 11) is 0. The van der Waals surface area contributed by atoms with E-state index in [0.717, 1.165) is 0 Å². The Kier molecular flexibility index (Phi) is 6.66. The van der Waals surface area contributed by atoms with E-state index < -0.39 is 0 Å². The quantitative estimate of drug-likeness (QED) is 0.159. The van der Waals surface area contributed by atoms with Gasteiger partial charge in [0, 0.05) is 31.2 Å². The number of hydrogen-bond donors (Lipinski definition) is 0. The van der Waals surface area contributed by atoms with Crippen LogP contribution < -0.4 is 0 Å². The van der Waals surface area contributed by atoms with Gasteiger partial charge in [-0.1, -0.05) is 178 Å². The summed E-state index contributed by atoms with van der Waals surface area (Å²) >= 11 is 1.96. The van der Waals surface area contributed by atoms with Crippen LogP contribution in [0.3, 0.4) is 0 Å². The minimum absolute atomic E-state index is 0.0726. The van der Waals surface area contributed by atoms with Gasteiger partial charge in [0.1, 0.15) is 0 Å². The zero-order chi connectivity index (χ0) is 37.1. The molecule has 10 aromatic carbocycles. The fraction of sp³-hybridized carbons (Fsp3) is 0.0545. The Morgan fingerprint density at radius 1 is 0.357 bits per heavy atom. The van der Waals surface area contributed by atoms with Crippen LogP contribution in [0, 0.1) is 0 Å². The molecule has 0 nitrogen and oxygen atoms in total. The minimum atomic E-state index is -0.0726. The fourth-order valence-corrected chi connectivity index (χ4v) is 11.3. The molecule has 1 aliphatic carbocycles. The summed E-state index contributed by atoms with van der Waals surface area (Å²) in [5.74, 6) is 0. The maximum absolute atomic E-state index is 2.46. The standard InChI is InChI=1S/C55H36S/c1-55(2)48-29-28-46-41-26-25-39(32-49(41)56-54(46)52(48)47-27-24-34-14-6-7-15-40(34)53(47)55)51-44-18-10-8-16-42(44)50(43-17-9-11-19-45(43)51)38-23-22-36-30-35(20-21-37(36)31-38)33-12-4-3-5-13-33/h3-32H,1-2H3. The van der Waals surface area contributed by atoms with Gasteiger partial charge < -0.3 is 0 Å². The Balaban J connectivity index is 1.05. The van der Waals surface area contributed by atoms with Crippen molar-refractivity contribution in [1.82, 2.24) is 0 Å². The predicted octanol–water partition coefficient (Wildman–Crippen LogP) is 16.0. The molecule has 56 heavy (non-hydrogen) atoms. The number of rotatable bonds is 3. The highest BCUT2D eigenvalue weighted by Crippen LogP contribution is 2.56. The van der Waals surface area contributed by atoms with Crippen molar-refractivity contribution in [3.8, 4) is 44.5 Å². The van der Waals surface area contributed by atoms with Crippen molar-refractivity contribution in [2.24, 2.45) is 0 Å². The second-order valence-corrected chi connectivity index (χ2v) is 17.0. The van der Waals surface area contributed by atoms with E-state index >= 15 is 0 Å². The molecule has 262 valence electrons. The molecular formula is C55H36S. The van der Waals surface area contributed by atoms with Gasteiger partial charge in [-0.05, 0) is 111 Å². The van der Waals surface area contributed by atoms with E-state index in [9.17, 15) is 0 Å². The third-order valence-corrected chi connectivity index (χ3v) is 13.8. The molecule has 0 N–H and O–H groups in total. The van der Waals surface area contributed by atoms with Crippen molar-refractivity contribution in [1.29, 1.82) is 0 Å². The third-order valence-electron chi connectivity index (χ3n) is 12.6. The van der Waals surface area contributed by atoms with Gasteiger partial charge in [0.15, 0.2) is 0 Å². The van der Waals surface area contributed by atoms with Crippen LogP contribution in [0.2, 0.25) is 0 Å². The van der Waals surface area contributed by atoms with Crippen LogP contribution in [0.15, 0.2) is 182 Å². The van der Waals surface area contributed by atoms with Crippen LogP contribution in [0.25, 0.3) is 108 Å². The van der Waals surface area contributed by atoms with Gasteiger partial charge >= 0.3 is 0 Å². The molecule has 0 atom stereocenters. The largest absolute Gasteiger partial charge is 0.134 e. The first-order valence-corrected chi connectivity index (χ1v) is 20.4. The zero-order valence-corrected chi connectivity index (χ0v) is 32.0. The number of fused-ring (bicyclic) bond motifs is 12. The molecule has 11 aromatic rings. The first-order chi connectivity index (χ1) is 27.5. The van der Waals surface area contributed by atoms with Gasteiger partial charge in [-0.15, -0.1) is 11.3 Å². The van der Waals surface area contributed by atoms with Gasteiger partial charge in [-0.25, -0.2) is 0 Å². The van der Waals surface area contributed by atoms with E-state index in [-0.39, 0.29) is 5.41 Å². The average molecular weight is 729 g/mol. The number of hydrogen-bond acceptors (Lipinski definition) is 1. The third kappa shape index (κ3) is 4.47. The smallest absolute Gasteiger partial charge is 0.0437 e. The summed E-state index contributed by atoms with van der Waals surface area (Å²) in [6.07, 6.45) is 0. The van der Waals surface area contributed by atoms with E-state index in [1.807, 2.05) is 11.3 Å². The molecule has 0 spiro atoms. The summed E-state index contributed by atoms with van der Waals surface area (Å²) in [5, 5.41) is 13.0. The average Bonchev–Trinajstić information content (AvgIpc) is 3.74. The first kappa shape index (κ1) is 31.8. The van der Waals surface area contributed by atoms with Gasteiger partial charge in [0.2, 0.25) is 0 Å². The molecule has 0 amide bonds. The highest BCUT2D eigenvalue weighted by molar-refractivity contribution is 7.26. The van der Waals surface area contributed by atoms with Crippen LogP contribution in [0.4, 0.5) is 0 Å². The maximum atomic E-state index is 2.46. The summed E-state index contributed by atoms with van der Waals surface area (Å²) in [5.41, 5.74) is 13.2. The van der Waals surface area contributed by atoms with Crippen LogP contribution in [0.1, 0.15) is 25.0 Å². The molecule has 0 aliphatic heterocycles. The molecule has 0 bridgehead atoms. The fourth-order valence-electron chi connectivity index (χ4n) is 10.0. The van der Waals surface area contributed by atoms with E-state index in [2.05, 4.69) is 196 Å². The molecule has 1 heteroatoms. The normalized spacial score (nSPS) is 13.3. The lowest BCUT2D eigenvalue weighted by atomic mass is 9.80. The minimum Gasteiger partial charge on any atom is -0.134 e. The zero-order valence-electron chi connectivity index (χ0n) is 31.2. The van der Waals surface area contributed by atoms with Crippen molar-refractivity contribution >= 4 is 74.6 Å². The van der Waals surface area contributed by atoms with E-state index in [0.29, 0.717) is 0 Å². The van der Waals surface area contributed by atoms with E-state index in [1.54, 1.807) is 0 Å². The number of benzene rings is 10. The molecule has 1 aromatic heterocycles. The number of thiophene rings is 1. The highest BCUT2D eigenvalue weighted by atomic mass is 32.1. The van der Waals surface area contributed by atoms with Crippen LogP contribution >= 0.6 is 11.3 Å². The van der Waals surface area contributed by atoms with Gasteiger partial charge in [-0.2, -0.15) is 0 Å². The summed E-state index contributed by atoms with van der Waals surface area (Å²) < 4.78 is 2.73. The molecule has 0 radical (unpaired) electrons. The molecule has 0 unspecified atom stereocenters. The van der Waals surface area contributed by atoms with Crippen molar-refractivity contribution < 1.29 is 0 Å². The van der Waals surface area contributed by atoms with Crippen molar-refractivity contribution in [2.45, 2.75) is 19.3 Å². The van der Waals surface area contributed by atoms with Gasteiger partial charge in [0.25, 0.3) is 0 Å². The van der Waals surface area contributed by atoms with Crippen molar-refractivity contribution in [3.05, 3.63) is 193 Å². The molecule has 0 fully saturated rings. The van der Waals surface area contributed by atoms with Gasteiger partial charge in [-0.3, -0.25) is 0 Å². The monoisotopic (exact) mass is 728 g/mol. The maximum Gasteiger partial charge on any atom is 0.0437 e. The lowest BCUT2D eigenvalue weighted by molar-refractivity contribution is 0.667. The Morgan fingerprint density at radius 3 is 1.59 bits per heavy atom. The van der Waals surface area contributed by atoms with E-state index in [4.69, 9.17) is 0 Å². The van der Waals surface area contributed by atoms with E-state index in [1.165, 1.54) is 119 Å². The lowest BCUT2D eigenvalue weighted by Gasteiger charge is -2.23. The van der Waals surface area contributed by atoms with Gasteiger partial charge in [0.05, 0.1) is 0 Å². The molecule has 0 saturated heterocycles. The highest BCUT2D eigenvalue weighted by Gasteiger charge is 2.38. The predicted molar refractivity (Wildman–Crippen MR) is 243 cm³/mol. The van der Waals surface area contributed by atoms with Crippen LogP contribution in [0.5, 0.6) is 0 Å². The Labute approximate surface area is 329 Å². The Hall–Kier alpha value is -6.54. The first-order valence-electron chi connectivity index (χ1n) is 19.6. The topological polar surface area (TPSA) is 0 Å². The molecule has 1 aliphatic rings. The van der Waals surface area contributed by atoms with Crippen LogP contribution in [-0.4, -0.2) is 0 Å². The summed E-state index contributed by atoms with van der Waals surface area (Å²) in [6.45, 7) is 4.81. The SMILES string of the molecule is CC1(C)c2ccc3c(sc4cc(-c5c6ccccc6c(-c6ccc7cc(-c8ccccc8)ccc7c6)c6ccccc56)ccc43)c2-c2ccc3ccccc3c21. The summed E-state index contributed by atoms with van der Waals surface area (Å²) in [6, 6.07) is 68.1. The van der Waals surface area contributed by atoms with Crippen LogP contribution in [-0.2, 0) is 5.41 Å². The second kappa shape index (κ2) is 11.7. The molecule has 0 saturated carbocycles. The Bertz CT molecular complexity index is 3380. The Morgan fingerprint density at radius 2 is 0.893 bits per heavy atom. The molecule has 12 rings (SSSR count). The molecular weight excluding hydrogens is 693 g/mol. The summed E-state index contributed by atoms with van der Waals surface area (Å²) in [4.78, 5) is 0.